The van der Waals surface area contributed by atoms with Gasteiger partial charge in [0, 0.05) is 41.1 Å². The first-order chi connectivity index (χ1) is 13.1. The Bertz CT molecular complexity index is 944. The lowest BCUT2D eigenvalue weighted by atomic mass is 10.2. The van der Waals surface area contributed by atoms with E-state index in [1.54, 1.807) is 10.4 Å². The van der Waals surface area contributed by atoms with Gasteiger partial charge in [0.25, 0.3) is 0 Å². The molecular weight excluding hydrogens is 388 g/mol. The van der Waals surface area contributed by atoms with Crippen molar-refractivity contribution in [3.8, 4) is 5.75 Å². The number of amides is 2. The molecule has 0 spiro atoms. The molecule has 3 aromatic rings. The molecule has 0 bridgehead atoms. The van der Waals surface area contributed by atoms with Crippen molar-refractivity contribution < 1.29 is 14.6 Å². The lowest BCUT2D eigenvalue weighted by Gasteiger charge is -2.15. The molecule has 1 fully saturated rings. The third-order valence-corrected chi connectivity index (χ3v) is 5.40. The molecule has 0 radical (unpaired) electrons. The van der Waals surface area contributed by atoms with Crippen molar-refractivity contribution in [3.05, 3.63) is 45.5 Å². The number of thiazole rings is 1. The minimum Gasteiger partial charge on any atom is -0.486 e. The summed E-state index contributed by atoms with van der Waals surface area (Å²) in [5.74, 6) is 0.584. The van der Waals surface area contributed by atoms with E-state index >= 15 is 0 Å². The van der Waals surface area contributed by atoms with Gasteiger partial charge in [0.15, 0.2) is 0 Å². The van der Waals surface area contributed by atoms with Crippen LogP contribution in [0.3, 0.4) is 0 Å². The quantitative estimate of drug-likeness (QED) is 0.607. The van der Waals surface area contributed by atoms with Crippen LogP contribution in [0.2, 0.25) is 5.02 Å². The molecule has 1 aliphatic rings. The number of nitrogens with one attached hydrogen (secondary N) is 2. The molecule has 7 nitrogen and oxygen atoms in total. The number of rotatable bonds is 5. The highest BCUT2D eigenvalue weighted by Gasteiger charge is 2.24. The summed E-state index contributed by atoms with van der Waals surface area (Å²) in [5, 5.41) is 15.8. The van der Waals surface area contributed by atoms with Crippen molar-refractivity contribution in [1.82, 2.24) is 20.2 Å². The van der Waals surface area contributed by atoms with Crippen LogP contribution in [0.25, 0.3) is 10.9 Å². The number of nitrogens with zero attached hydrogens (tertiary/aromatic N) is 2. The predicted molar refractivity (Wildman–Crippen MR) is 104 cm³/mol. The van der Waals surface area contributed by atoms with Crippen molar-refractivity contribution in [1.29, 1.82) is 0 Å². The van der Waals surface area contributed by atoms with Crippen LogP contribution in [0.1, 0.15) is 17.8 Å². The van der Waals surface area contributed by atoms with Crippen LogP contribution in [0.4, 0.5) is 4.79 Å². The Morgan fingerprint density at radius 3 is 3.11 bits per heavy atom. The minimum absolute atomic E-state index is 0.171. The second-order valence-corrected chi connectivity index (χ2v) is 7.61. The van der Waals surface area contributed by atoms with Crippen molar-refractivity contribution in [2.75, 3.05) is 13.1 Å². The Morgan fingerprint density at radius 1 is 1.48 bits per heavy atom. The topological polar surface area (TPSA) is 90.5 Å². The summed E-state index contributed by atoms with van der Waals surface area (Å²) >= 11 is 7.84. The van der Waals surface area contributed by atoms with Gasteiger partial charge < -0.3 is 25.0 Å². The third-order valence-electron chi connectivity index (χ3n) is 4.47. The van der Waals surface area contributed by atoms with Crippen molar-refractivity contribution in [2.24, 2.45) is 0 Å². The number of ether oxygens (including phenoxy) is 1. The lowest BCUT2D eigenvalue weighted by molar-refractivity contribution is 0.171. The fourth-order valence-electron chi connectivity index (χ4n) is 3.07. The number of likely N-dealkylation sites (tertiary alicyclic amines) is 1. The molecule has 1 aliphatic heterocycles. The number of carbonyl (C=O) groups is 1. The zero-order valence-electron chi connectivity index (χ0n) is 14.4. The number of aliphatic hydroxyl groups is 1. The summed E-state index contributed by atoms with van der Waals surface area (Å²) < 4.78 is 5.77. The van der Waals surface area contributed by atoms with Crippen LogP contribution in [-0.2, 0) is 13.2 Å². The zero-order chi connectivity index (χ0) is 18.8. The summed E-state index contributed by atoms with van der Waals surface area (Å²) in [6.07, 6.45) is 0.204. The van der Waals surface area contributed by atoms with Gasteiger partial charge in [0.05, 0.1) is 28.9 Å². The predicted octanol–water partition coefficient (Wildman–Crippen LogP) is 3.13. The first-order valence-electron chi connectivity index (χ1n) is 8.60. The third kappa shape index (κ3) is 4.18. The number of aromatic nitrogens is 2. The summed E-state index contributed by atoms with van der Waals surface area (Å²) in [5.41, 5.74) is 4.37. The first kappa shape index (κ1) is 18.1. The van der Waals surface area contributed by atoms with Gasteiger partial charge in [-0.3, -0.25) is 0 Å². The van der Waals surface area contributed by atoms with Gasteiger partial charge in [-0.2, -0.15) is 0 Å². The molecule has 0 unspecified atom stereocenters. The van der Waals surface area contributed by atoms with Gasteiger partial charge in [-0.1, -0.05) is 11.6 Å². The molecule has 9 heteroatoms. The number of aliphatic hydroxyl groups excluding tert-OH is 1. The van der Waals surface area contributed by atoms with E-state index in [9.17, 15) is 9.90 Å². The van der Waals surface area contributed by atoms with Gasteiger partial charge in [0.2, 0.25) is 0 Å². The maximum Gasteiger partial charge on any atom is 0.317 e. The average Bonchev–Trinajstić information content (AvgIpc) is 3.38. The molecule has 0 aliphatic carbocycles. The second kappa shape index (κ2) is 7.75. The fourth-order valence-corrected chi connectivity index (χ4v) is 3.84. The molecule has 4 rings (SSSR count). The lowest BCUT2D eigenvalue weighted by Crippen LogP contribution is -2.38. The molecule has 1 aromatic carbocycles. The Morgan fingerprint density at radius 2 is 2.37 bits per heavy atom. The summed E-state index contributed by atoms with van der Waals surface area (Å²) in [4.78, 5) is 21.2. The van der Waals surface area contributed by atoms with Gasteiger partial charge in [-0.15, -0.1) is 11.3 Å². The molecule has 3 heterocycles. The van der Waals surface area contributed by atoms with E-state index in [0.717, 1.165) is 22.3 Å². The number of H-pyrrole nitrogens is 1. The largest absolute Gasteiger partial charge is 0.486 e. The van der Waals surface area contributed by atoms with Crippen LogP contribution < -0.4 is 10.1 Å². The zero-order valence-corrected chi connectivity index (χ0v) is 16.0. The highest BCUT2D eigenvalue weighted by Crippen LogP contribution is 2.31. The van der Waals surface area contributed by atoms with Crippen molar-refractivity contribution in [2.45, 2.75) is 25.7 Å². The van der Waals surface area contributed by atoms with E-state index in [0.29, 0.717) is 43.4 Å². The van der Waals surface area contributed by atoms with Crippen LogP contribution in [0.5, 0.6) is 5.75 Å². The summed E-state index contributed by atoms with van der Waals surface area (Å²) in [6, 6.07) is 5.47. The number of halogens is 1. The molecule has 1 atom stereocenters. The minimum atomic E-state index is -0.423. The number of urea groups is 1. The van der Waals surface area contributed by atoms with E-state index in [4.69, 9.17) is 16.3 Å². The first-order valence-corrected chi connectivity index (χ1v) is 9.92. The number of carbonyl (C=O) groups excluding carboxylic acids is 1. The van der Waals surface area contributed by atoms with Gasteiger partial charge in [-0.25, -0.2) is 9.78 Å². The number of hydrogen-bond acceptors (Lipinski definition) is 5. The van der Waals surface area contributed by atoms with Gasteiger partial charge >= 0.3 is 6.03 Å². The van der Waals surface area contributed by atoms with Crippen molar-refractivity contribution >= 4 is 39.9 Å². The van der Waals surface area contributed by atoms with E-state index in [2.05, 4.69) is 15.3 Å². The molecule has 3 N–H and O–H groups in total. The van der Waals surface area contributed by atoms with E-state index < -0.39 is 6.10 Å². The van der Waals surface area contributed by atoms with Gasteiger partial charge in [0.1, 0.15) is 12.4 Å². The molecule has 142 valence electrons. The van der Waals surface area contributed by atoms with E-state index in [-0.39, 0.29) is 6.03 Å². The molecule has 2 aromatic heterocycles. The Labute approximate surface area is 164 Å². The number of benzene rings is 1. The molecule has 1 saturated heterocycles. The van der Waals surface area contributed by atoms with E-state index in [1.807, 2.05) is 23.6 Å². The maximum absolute atomic E-state index is 12.1. The average molecular weight is 407 g/mol. The SMILES string of the molecule is O=C(NCc1cc2cc(Cl)c(OCc3cscn3)cc2[nH]1)N1CC[C@@H](O)C1. The Kier molecular flexibility index (Phi) is 5.20. The smallest absolute Gasteiger partial charge is 0.317 e. The molecule has 2 amide bonds. The van der Waals surface area contributed by atoms with Crippen molar-refractivity contribution in [3.63, 3.8) is 0 Å². The fraction of sp³-hybridized carbons (Fsp3) is 0.333. The van der Waals surface area contributed by atoms with Crippen LogP contribution in [0.15, 0.2) is 29.1 Å². The van der Waals surface area contributed by atoms with Gasteiger partial charge in [-0.05, 0) is 18.6 Å². The number of aromatic amines is 1. The van der Waals surface area contributed by atoms with Crippen LogP contribution in [0, 0.1) is 0 Å². The highest BCUT2D eigenvalue weighted by molar-refractivity contribution is 7.07. The van der Waals surface area contributed by atoms with Crippen LogP contribution in [-0.4, -0.2) is 45.2 Å². The highest BCUT2D eigenvalue weighted by atomic mass is 35.5. The summed E-state index contributed by atoms with van der Waals surface area (Å²) in [7, 11) is 0. The normalized spacial score (nSPS) is 16.8. The molecular formula is C18H19ClN4O3S. The molecule has 0 saturated carbocycles. The Balaban J connectivity index is 1.41. The standard InChI is InChI=1S/C18H19ClN4O3S/c19-15-4-11-3-12(6-20-18(25)23-2-1-14(24)7-23)22-16(11)5-17(15)26-8-13-9-27-10-21-13/h3-5,9-10,14,22,24H,1-2,6-8H2,(H,20,25)/t14-/m1/s1. The Hall–Kier alpha value is -2.29. The number of hydrogen-bond donors (Lipinski definition) is 3. The maximum atomic E-state index is 12.1. The summed E-state index contributed by atoms with van der Waals surface area (Å²) in [6.45, 7) is 1.69. The number of β-amino-alcohol motifs (C(OH)–C–C–N with tert-alkyl or cyclic N) is 1. The second-order valence-electron chi connectivity index (χ2n) is 6.48. The number of fused-ring (bicyclic) bond motifs is 1. The monoisotopic (exact) mass is 406 g/mol. The van der Waals surface area contributed by atoms with E-state index in [1.165, 1.54) is 11.3 Å². The molecule has 27 heavy (non-hydrogen) atoms. The van der Waals surface area contributed by atoms with Crippen LogP contribution >= 0.6 is 22.9 Å².